The van der Waals surface area contributed by atoms with Gasteiger partial charge in [0.2, 0.25) is 11.8 Å². The van der Waals surface area contributed by atoms with Gasteiger partial charge in [0.1, 0.15) is 0 Å². The molecule has 0 radical (unpaired) electrons. The van der Waals surface area contributed by atoms with Crippen LogP contribution in [-0.4, -0.2) is 24.4 Å². The number of carbonyl (C=O) groups excluding carboxylic acids is 2. The Morgan fingerprint density at radius 2 is 1.71 bits per heavy atom. The van der Waals surface area contributed by atoms with Crippen molar-refractivity contribution in [2.75, 3.05) is 11.9 Å². The number of amides is 2. The summed E-state index contributed by atoms with van der Waals surface area (Å²) in [5.74, 6) is -5.82. The lowest BCUT2D eigenvalue weighted by atomic mass is 10.1. The molecule has 5 nitrogen and oxygen atoms in total. The maximum absolute atomic E-state index is 13.5. The van der Waals surface area contributed by atoms with Crippen molar-refractivity contribution in [3.05, 3.63) is 64.4 Å². The lowest BCUT2D eigenvalue weighted by Crippen LogP contribution is -2.45. The molecule has 3 N–H and O–H groups in total. The summed E-state index contributed by atoms with van der Waals surface area (Å²) in [6.45, 7) is 2.98. The van der Waals surface area contributed by atoms with Crippen molar-refractivity contribution in [1.29, 1.82) is 0 Å². The summed E-state index contributed by atoms with van der Waals surface area (Å²) in [5.41, 5.74) is 0.298. The predicted molar refractivity (Wildman–Crippen MR) is 100 cm³/mol. The van der Waals surface area contributed by atoms with E-state index in [0.717, 1.165) is 11.6 Å². The molecule has 0 bridgehead atoms. The van der Waals surface area contributed by atoms with Crippen LogP contribution < -0.4 is 16.0 Å². The molecular formula is C19H19ClF3N3O2. The van der Waals surface area contributed by atoms with E-state index in [4.69, 9.17) is 11.6 Å². The summed E-state index contributed by atoms with van der Waals surface area (Å²) in [5, 5.41) is 8.07. The van der Waals surface area contributed by atoms with Gasteiger partial charge in [0.25, 0.3) is 0 Å². The Labute approximate surface area is 165 Å². The van der Waals surface area contributed by atoms with E-state index in [2.05, 4.69) is 16.0 Å². The maximum Gasteiger partial charge on any atom is 0.243 e. The van der Waals surface area contributed by atoms with Gasteiger partial charge in [0.15, 0.2) is 17.5 Å². The molecular weight excluding hydrogens is 395 g/mol. The van der Waals surface area contributed by atoms with E-state index in [1.54, 1.807) is 19.1 Å². The zero-order valence-corrected chi connectivity index (χ0v) is 15.9. The van der Waals surface area contributed by atoms with Crippen molar-refractivity contribution in [2.45, 2.75) is 25.9 Å². The van der Waals surface area contributed by atoms with Crippen LogP contribution in [0.4, 0.5) is 18.9 Å². The predicted octanol–water partition coefficient (Wildman–Crippen LogP) is 3.55. The molecule has 0 fully saturated rings. The fraction of sp³-hybridized carbons (Fsp3) is 0.263. The molecule has 0 aromatic heterocycles. The molecule has 150 valence electrons. The molecule has 9 heteroatoms. The number of carbonyl (C=O) groups is 2. The van der Waals surface area contributed by atoms with Crippen molar-refractivity contribution in [1.82, 2.24) is 10.6 Å². The minimum Gasteiger partial charge on any atom is -0.346 e. The lowest BCUT2D eigenvalue weighted by molar-refractivity contribution is -0.125. The third kappa shape index (κ3) is 5.46. The molecule has 2 aromatic rings. The highest BCUT2D eigenvalue weighted by molar-refractivity contribution is 6.31. The summed E-state index contributed by atoms with van der Waals surface area (Å²) < 4.78 is 39.6. The van der Waals surface area contributed by atoms with E-state index in [9.17, 15) is 22.8 Å². The summed E-state index contributed by atoms with van der Waals surface area (Å²) in [4.78, 5) is 24.0. The Morgan fingerprint density at radius 3 is 2.39 bits per heavy atom. The van der Waals surface area contributed by atoms with E-state index in [-0.39, 0.29) is 6.04 Å². The fourth-order valence-electron chi connectivity index (χ4n) is 2.50. The van der Waals surface area contributed by atoms with Gasteiger partial charge >= 0.3 is 0 Å². The topological polar surface area (TPSA) is 70.2 Å². The summed E-state index contributed by atoms with van der Waals surface area (Å²) in [7, 11) is 0. The molecule has 2 rings (SSSR count). The molecule has 0 aliphatic carbocycles. The van der Waals surface area contributed by atoms with Crippen LogP contribution in [0.15, 0.2) is 36.4 Å². The standard InChI is InChI=1S/C19H19ClF3N3O2/c1-10(12-5-3-4-6-13(12)20)25-11(2)19(28)24-9-16(27)26-15-8-7-14(21)17(22)18(15)23/h3-8,10-11,25H,9H2,1-2H3,(H,24,28)(H,26,27)/t10-,11-/m0/s1. The zero-order chi connectivity index (χ0) is 20.8. The number of hydrogen-bond donors (Lipinski definition) is 3. The van der Waals surface area contributed by atoms with Crippen LogP contribution in [0, 0.1) is 17.5 Å². The summed E-state index contributed by atoms with van der Waals surface area (Å²) in [6.07, 6.45) is 0. The number of anilines is 1. The van der Waals surface area contributed by atoms with Crippen molar-refractivity contribution >= 4 is 29.1 Å². The van der Waals surface area contributed by atoms with Gasteiger partial charge in [-0.3, -0.25) is 14.9 Å². The average molecular weight is 414 g/mol. The number of rotatable bonds is 7. The minimum atomic E-state index is -1.69. The molecule has 0 heterocycles. The van der Waals surface area contributed by atoms with Gasteiger partial charge in [-0.25, -0.2) is 13.2 Å². The Bertz CT molecular complexity index is 879. The monoisotopic (exact) mass is 413 g/mol. The SMILES string of the molecule is C[C@H](N[C@@H](C)c1ccccc1Cl)C(=O)NCC(=O)Nc1ccc(F)c(F)c1F. The number of hydrogen-bond acceptors (Lipinski definition) is 3. The largest absolute Gasteiger partial charge is 0.346 e. The Hall–Kier alpha value is -2.58. The second-order valence-corrected chi connectivity index (χ2v) is 6.53. The Morgan fingerprint density at radius 1 is 1.04 bits per heavy atom. The van der Waals surface area contributed by atoms with Gasteiger partial charge in [-0.05, 0) is 37.6 Å². The van der Waals surface area contributed by atoms with Crippen molar-refractivity contribution in [3.63, 3.8) is 0 Å². The second kappa shape index (κ2) is 9.57. The van der Waals surface area contributed by atoms with E-state index < -0.39 is 47.5 Å². The first-order valence-corrected chi connectivity index (χ1v) is 8.80. The summed E-state index contributed by atoms with van der Waals surface area (Å²) in [6, 6.07) is 7.89. The molecule has 2 atom stereocenters. The first kappa shape index (κ1) is 21.7. The number of benzene rings is 2. The van der Waals surface area contributed by atoms with Crippen molar-refractivity contribution in [3.8, 4) is 0 Å². The van der Waals surface area contributed by atoms with Gasteiger partial charge in [-0.2, -0.15) is 0 Å². The van der Waals surface area contributed by atoms with Gasteiger partial charge in [0, 0.05) is 11.1 Å². The zero-order valence-electron chi connectivity index (χ0n) is 15.2. The molecule has 0 aliphatic heterocycles. The quantitative estimate of drug-likeness (QED) is 0.608. The Kier molecular flexibility index (Phi) is 7.42. The molecule has 0 saturated heterocycles. The molecule has 0 spiro atoms. The molecule has 2 amide bonds. The normalized spacial score (nSPS) is 12.9. The number of halogens is 4. The van der Waals surface area contributed by atoms with E-state index >= 15 is 0 Å². The number of nitrogens with one attached hydrogen (secondary N) is 3. The highest BCUT2D eigenvalue weighted by Gasteiger charge is 2.19. The third-order valence-corrected chi connectivity index (χ3v) is 4.34. The first-order chi connectivity index (χ1) is 13.2. The second-order valence-electron chi connectivity index (χ2n) is 6.12. The van der Waals surface area contributed by atoms with Crippen molar-refractivity contribution < 1.29 is 22.8 Å². The Balaban J connectivity index is 1.86. The highest BCUT2D eigenvalue weighted by atomic mass is 35.5. The minimum absolute atomic E-state index is 0.223. The van der Waals surface area contributed by atoms with Crippen LogP contribution in [-0.2, 0) is 9.59 Å². The molecule has 0 aliphatic rings. The van der Waals surface area contributed by atoms with E-state index in [0.29, 0.717) is 11.1 Å². The highest BCUT2D eigenvalue weighted by Crippen LogP contribution is 2.22. The smallest absolute Gasteiger partial charge is 0.243 e. The fourth-order valence-corrected chi connectivity index (χ4v) is 2.80. The van der Waals surface area contributed by atoms with E-state index in [1.807, 2.05) is 19.1 Å². The first-order valence-electron chi connectivity index (χ1n) is 8.42. The average Bonchev–Trinajstić information content (AvgIpc) is 2.66. The van der Waals surface area contributed by atoms with Gasteiger partial charge < -0.3 is 10.6 Å². The van der Waals surface area contributed by atoms with Crippen LogP contribution in [0.25, 0.3) is 0 Å². The molecule has 0 unspecified atom stereocenters. The van der Waals surface area contributed by atoms with Gasteiger partial charge in [0.05, 0.1) is 18.3 Å². The molecule has 0 saturated carbocycles. The maximum atomic E-state index is 13.5. The van der Waals surface area contributed by atoms with Crippen LogP contribution in [0.2, 0.25) is 5.02 Å². The molecule has 2 aromatic carbocycles. The third-order valence-electron chi connectivity index (χ3n) is 4.00. The summed E-state index contributed by atoms with van der Waals surface area (Å²) >= 11 is 6.12. The van der Waals surface area contributed by atoms with E-state index in [1.165, 1.54) is 0 Å². The lowest BCUT2D eigenvalue weighted by Gasteiger charge is -2.20. The van der Waals surface area contributed by atoms with Crippen LogP contribution in [0.1, 0.15) is 25.5 Å². The van der Waals surface area contributed by atoms with Crippen LogP contribution in [0.5, 0.6) is 0 Å². The van der Waals surface area contributed by atoms with Crippen LogP contribution >= 0.6 is 11.6 Å². The van der Waals surface area contributed by atoms with Crippen molar-refractivity contribution in [2.24, 2.45) is 0 Å². The van der Waals surface area contributed by atoms with Crippen LogP contribution in [0.3, 0.4) is 0 Å². The molecule has 28 heavy (non-hydrogen) atoms. The van der Waals surface area contributed by atoms with Gasteiger partial charge in [-0.1, -0.05) is 29.8 Å². The van der Waals surface area contributed by atoms with Gasteiger partial charge in [-0.15, -0.1) is 0 Å².